The van der Waals surface area contributed by atoms with E-state index in [1.165, 1.54) is 19.1 Å². The molecule has 0 saturated carbocycles. The summed E-state index contributed by atoms with van der Waals surface area (Å²) in [4.78, 5) is 22.2. The minimum atomic E-state index is -1.11. The third-order valence-corrected chi connectivity index (χ3v) is 2.34. The van der Waals surface area contributed by atoms with E-state index in [1.807, 2.05) is 0 Å². The van der Waals surface area contributed by atoms with E-state index in [1.54, 1.807) is 0 Å². The van der Waals surface area contributed by atoms with E-state index in [-0.39, 0.29) is 31.0 Å². The quantitative estimate of drug-likeness (QED) is 0.273. The van der Waals surface area contributed by atoms with E-state index in [4.69, 9.17) is 0 Å². The molecule has 1 aromatic rings. The Morgan fingerprint density at radius 1 is 1.42 bits per heavy atom. The summed E-state index contributed by atoms with van der Waals surface area (Å²) in [6.45, 7) is 1.58. The standard InChI is InChI=1S/C12H10BrFO4.Li/c1-2-18-12(17)11(16)6-10(15)7-3-8(13)5-9(14)4-7;/h3-6,15H,2H2,1H3;/p-1. The second kappa shape index (κ2) is 8.15. The molecule has 0 N–H and O–H groups in total. The first-order valence-corrected chi connectivity index (χ1v) is 5.79. The zero-order valence-electron chi connectivity index (χ0n) is 10.4. The summed E-state index contributed by atoms with van der Waals surface area (Å²) in [5, 5.41) is 11.6. The van der Waals surface area contributed by atoms with Crippen LogP contribution in [0.2, 0.25) is 0 Å². The van der Waals surface area contributed by atoms with E-state index in [0.29, 0.717) is 10.5 Å². The number of esters is 1. The summed E-state index contributed by atoms with van der Waals surface area (Å²) < 4.78 is 17.8. The number of hydrogen-bond donors (Lipinski definition) is 0. The Balaban J connectivity index is 0.00000324. The summed E-state index contributed by atoms with van der Waals surface area (Å²) in [6.07, 6.45) is 0.583. The Morgan fingerprint density at radius 2 is 2.05 bits per heavy atom. The van der Waals surface area contributed by atoms with Gasteiger partial charge in [-0.3, -0.25) is 4.79 Å². The zero-order chi connectivity index (χ0) is 13.7. The van der Waals surface area contributed by atoms with Gasteiger partial charge in [-0.05, 0) is 36.8 Å². The summed E-state index contributed by atoms with van der Waals surface area (Å²) in [5.74, 6) is -3.55. The molecule has 0 spiro atoms. The van der Waals surface area contributed by atoms with Gasteiger partial charge < -0.3 is 9.84 Å². The zero-order valence-corrected chi connectivity index (χ0v) is 12.0. The average Bonchev–Trinajstić information content (AvgIpc) is 2.27. The van der Waals surface area contributed by atoms with Gasteiger partial charge in [-0.25, -0.2) is 9.18 Å². The molecule has 1 radical (unpaired) electrons. The maximum absolute atomic E-state index is 13.0. The maximum Gasteiger partial charge on any atom is 0.378 e. The fourth-order valence-corrected chi connectivity index (χ4v) is 1.62. The van der Waals surface area contributed by atoms with Crippen molar-refractivity contribution in [3.8, 4) is 0 Å². The van der Waals surface area contributed by atoms with Crippen LogP contribution in [0.15, 0.2) is 28.7 Å². The average molecular weight is 323 g/mol. The van der Waals surface area contributed by atoms with Crippen molar-refractivity contribution in [3.05, 3.63) is 40.1 Å². The Hall–Kier alpha value is -1.09. The van der Waals surface area contributed by atoms with Gasteiger partial charge in [0.15, 0.2) is 0 Å². The molecule has 7 heteroatoms. The van der Waals surface area contributed by atoms with E-state index < -0.39 is 23.3 Å². The number of carbonyl (C=O) groups is 2. The largest absolute Gasteiger partial charge is 0.872 e. The van der Waals surface area contributed by atoms with Crippen molar-refractivity contribution in [1.82, 2.24) is 0 Å². The van der Waals surface area contributed by atoms with Gasteiger partial charge in [0.05, 0.1) is 6.61 Å². The number of benzene rings is 1. The molecule has 4 nitrogen and oxygen atoms in total. The molecular formula is C12H9BrFLiO4-. The molecule has 0 unspecified atom stereocenters. The predicted octanol–water partition coefficient (Wildman–Crippen LogP) is 1.04. The molecule has 0 aliphatic rings. The van der Waals surface area contributed by atoms with Crippen LogP contribution in [0.25, 0.3) is 5.76 Å². The Morgan fingerprint density at radius 3 is 2.58 bits per heavy atom. The van der Waals surface area contributed by atoms with Gasteiger partial charge in [-0.15, -0.1) is 0 Å². The molecular weight excluding hydrogens is 314 g/mol. The van der Waals surface area contributed by atoms with Gasteiger partial charge in [0.1, 0.15) is 5.82 Å². The van der Waals surface area contributed by atoms with Crippen molar-refractivity contribution < 1.29 is 23.8 Å². The van der Waals surface area contributed by atoms with Crippen LogP contribution in [0.5, 0.6) is 0 Å². The van der Waals surface area contributed by atoms with Crippen LogP contribution in [0.1, 0.15) is 12.5 Å². The van der Waals surface area contributed by atoms with Crippen molar-refractivity contribution in [2.24, 2.45) is 0 Å². The van der Waals surface area contributed by atoms with Crippen LogP contribution < -0.4 is 5.11 Å². The molecule has 19 heavy (non-hydrogen) atoms. The summed E-state index contributed by atoms with van der Waals surface area (Å²) in [7, 11) is 0. The molecule has 97 valence electrons. The Labute approximate surface area is 129 Å². The number of rotatable bonds is 4. The van der Waals surface area contributed by atoms with Crippen LogP contribution in [-0.2, 0) is 14.3 Å². The van der Waals surface area contributed by atoms with Crippen LogP contribution in [0.4, 0.5) is 4.39 Å². The summed E-state index contributed by atoms with van der Waals surface area (Å²) in [6, 6.07) is 3.49. The molecule has 0 aromatic heterocycles. The van der Waals surface area contributed by atoms with Crippen LogP contribution in [0, 0.1) is 5.82 Å². The SMILES string of the molecule is CCOC(=O)C(=O)C=C([O-])c1cc(F)cc(Br)c1.[Li]. The molecule has 1 rings (SSSR count). The third-order valence-electron chi connectivity index (χ3n) is 1.89. The van der Waals surface area contributed by atoms with Crippen LogP contribution >= 0.6 is 15.9 Å². The molecule has 0 amide bonds. The van der Waals surface area contributed by atoms with E-state index >= 15 is 0 Å². The van der Waals surface area contributed by atoms with Gasteiger partial charge >= 0.3 is 5.97 Å². The van der Waals surface area contributed by atoms with Crippen molar-refractivity contribution in [3.63, 3.8) is 0 Å². The molecule has 0 aliphatic carbocycles. The smallest absolute Gasteiger partial charge is 0.378 e. The van der Waals surface area contributed by atoms with Crippen LogP contribution in [-0.4, -0.2) is 37.2 Å². The van der Waals surface area contributed by atoms with Gasteiger partial charge in [0, 0.05) is 23.3 Å². The van der Waals surface area contributed by atoms with Gasteiger partial charge in [-0.2, -0.15) is 0 Å². The predicted molar refractivity (Wildman–Crippen MR) is 69.5 cm³/mol. The summed E-state index contributed by atoms with van der Waals surface area (Å²) in [5.41, 5.74) is -0.0282. The summed E-state index contributed by atoms with van der Waals surface area (Å²) >= 11 is 3.02. The van der Waals surface area contributed by atoms with Crippen LogP contribution in [0.3, 0.4) is 0 Å². The number of ketones is 1. The van der Waals surface area contributed by atoms with Crippen molar-refractivity contribution >= 4 is 52.3 Å². The van der Waals surface area contributed by atoms with Crippen molar-refractivity contribution in [2.45, 2.75) is 6.92 Å². The third kappa shape index (κ3) is 5.60. The topological polar surface area (TPSA) is 66.4 Å². The molecule has 0 aliphatic heterocycles. The van der Waals surface area contributed by atoms with Gasteiger partial charge in [0.25, 0.3) is 5.78 Å². The van der Waals surface area contributed by atoms with Crippen molar-refractivity contribution in [2.75, 3.05) is 6.61 Å². The monoisotopic (exact) mass is 322 g/mol. The molecule has 0 heterocycles. The minimum Gasteiger partial charge on any atom is -0.872 e. The molecule has 0 saturated heterocycles. The number of carbonyl (C=O) groups excluding carboxylic acids is 2. The van der Waals surface area contributed by atoms with E-state index in [0.717, 1.165) is 6.07 Å². The first-order valence-electron chi connectivity index (χ1n) is 5.00. The van der Waals surface area contributed by atoms with Crippen molar-refractivity contribution in [1.29, 1.82) is 0 Å². The van der Waals surface area contributed by atoms with E-state index in [9.17, 15) is 19.1 Å². The number of halogens is 2. The molecule has 0 atom stereocenters. The maximum atomic E-state index is 13.0. The fourth-order valence-electron chi connectivity index (χ4n) is 1.16. The Kier molecular flexibility index (Phi) is 7.68. The second-order valence-corrected chi connectivity index (χ2v) is 4.17. The first-order chi connectivity index (χ1) is 8.43. The van der Waals surface area contributed by atoms with E-state index in [2.05, 4.69) is 20.7 Å². The minimum absolute atomic E-state index is 0. The van der Waals surface area contributed by atoms with Gasteiger partial charge in [0.2, 0.25) is 0 Å². The molecule has 0 fully saturated rings. The normalized spacial score (nSPS) is 10.6. The molecule has 0 bridgehead atoms. The number of hydrogen-bond acceptors (Lipinski definition) is 4. The Bertz CT molecular complexity index is 496. The number of ether oxygens (including phenoxy) is 1. The van der Waals surface area contributed by atoms with Gasteiger partial charge in [-0.1, -0.05) is 21.7 Å². The fraction of sp³-hybridized carbons (Fsp3) is 0.167. The molecule has 1 aromatic carbocycles. The second-order valence-electron chi connectivity index (χ2n) is 3.25. The first kappa shape index (κ1) is 17.9.